The normalized spacial score (nSPS) is 11.2. The van der Waals surface area contributed by atoms with Gasteiger partial charge in [0.05, 0.1) is 0 Å². The lowest BCUT2D eigenvalue weighted by Gasteiger charge is -2.30. The molecule has 0 aliphatic carbocycles. The van der Waals surface area contributed by atoms with Crippen LogP contribution in [0.25, 0.3) is 0 Å². The van der Waals surface area contributed by atoms with Gasteiger partial charge in [0.2, 0.25) is 8.24 Å². The summed E-state index contributed by atoms with van der Waals surface area (Å²) in [7, 11) is -2.01. The first kappa shape index (κ1) is 12.8. The molecule has 0 aliphatic heterocycles. The van der Waals surface area contributed by atoms with Gasteiger partial charge in [0.1, 0.15) is 0 Å². The van der Waals surface area contributed by atoms with E-state index >= 15 is 0 Å². The van der Waals surface area contributed by atoms with Crippen molar-refractivity contribution in [1.29, 1.82) is 0 Å². The van der Waals surface area contributed by atoms with Crippen molar-refractivity contribution in [2.24, 2.45) is 0 Å². The molecule has 0 amide bonds. The zero-order valence-electron chi connectivity index (χ0n) is 10.8. The zero-order valence-corrected chi connectivity index (χ0v) is 11.8. The summed E-state index contributed by atoms with van der Waals surface area (Å²) in [6.45, 7) is 7.20. The van der Waals surface area contributed by atoms with E-state index in [1.165, 1.54) is 10.4 Å². The topological polar surface area (TPSA) is 12.0 Å². The smallest absolute Gasteiger partial charge is 0.214 e. The fourth-order valence-corrected chi connectivity index (χ4v) is 5.71. The molecule has 1 nitrogen and oxygen atoms in total. The maximum atomic E-state index is 4.10. The van der Waals surface area contributed by atoms with Crippen LogP contribution in [0.15, 0.2) is 72.9 Å². The first-order valence-electron chi connectivity index (χ1n) is 6.33. The summed E-state index contributed by atoms with van der Waals surface area (Å²) >= 11 is 0. The molecule has 0 saturated carbocycles. The molecule has 2 aromatic rings. The van der Waals surface area contributed by atoms with Crippen molar-refractivity contribution in [2.75, 3.05) is 6.54 Å². The van der Waals surface area contributed by atoms with Crippen molar-refractivity contribution in [1.82, 2.24) is 4.98 Å². The van der Waals surface area contributed by atoms with Crippen LogP contribution in [0.5, 0.6) is 0 Å². The van der Waals surface area contributed by atoms with Crippen LogP contribution in [0.1, 0.15) is 6.92 Å². The van der Waals surface area contributed by atoms with Crippen molar-refractivity contribution < 1.29 is 0 Å². The second-order valence-electron chi connectivity index (χ2n) is 4.27. The molecular formula is C16H19NSi. The molecule has 18 heavy (non-hydrogen) atoms. The minimum absolute atomic E-state index is 0.946. The molecule has 2 aromatic carbocycles. The number of benzene rings is 2. The van der Waals surface area contributed by atoms with E-state index in [4.69, 9.17) is 0 Å². The fraction of sp³-hybridized carbons (Fsp3) is 0.125. The summed E-state index contributed by atoms with van der Waals surface area (Å²) in [6.07, 6.45) is 0. The predicted octanol–water partition coefficient (Wildman–Crippen LogP) is 2.08. The van der Waals surface area contributed by atoms with Crippen molar-refractivity contribution in [2.45, 2.75) is 6.92 Å². The monoisotopic (exact) mass is 253 g/mol. The second-order valence-corrected chi connectivity index (χ2v) is 7.81. The summed E-state index contributed by atoms with van der Waals surface area (Å²) in [6, 6.07) is 21.3. The second kappa shape index (κ2) is 5.80. The Bertz CT molecular complexity index is 454. The molecule has 2 rings (SSSR count). The molecule has 0 bridgehead atoms. The summed E-state index contributed by atoms with van der Waals surface area (Å²) in [4.78, 5) is 3.70. The number of hydrogen-bond donors (Lipinski definition) is 1. The minimum atomic E-state index is -2.01. The maximum absolute atomic E-state index is 4.10. The van der Waals surface area contributed by atoms with Crippen molar-refractivity contribution in [3.05, 3.63) is 72.9 Å². The third kappa shape index (κ3) is 2.30. The molecule has 2 heteroatoms. The molecule has 0 spiro atoms. The van der Waals surface area contributed by atoms with Crippen LogP contribution < -0.4 is 15.4 Å². The largest absolute Gasteiger partial charge is 0.327 e. The van der Waals surface area contributed by atoms with E-state index in [1.54, 1.807) is 0 Å². The van der Waals surface area contributed by atoms with Gasteiger partial charge in [0, 0.05) is 0 Å². The van der Waals surface area contributed by atoms with Gasteiger partial charge in [-0.1, -0.05) is 73.3 Å². The fourth-order valence-electron chi connectivity index (χ4n) is 2.36. The highest BCUT2D eigenvalue weighted by Gasteiger charge is 2.33. The average molecular weight is 253 g/mol. The first-order chi connectivity index (χ1) is 8.83. The Morgan fingerprint density at radius 3 is 1.72 bits per heavy atom. The van der Waals surface area contributed by atoms with Gasteiger partial charge in [0.25, 0.3) is 0 Å². The lowest BCUT2D eigenvalue weighted by Crippen LogP contribution is -2.67. The maximum Gasteiger partial charge on any atom is 0.214 e. The number of rotatable bonds is 5. The minimum Gasteiger partial charge on any atom is -0.327 e. The van der Waals surface area contributed by atoms with E-state index in [9.17, 15) is 0 Å². The highest BCUT2D eigenvalue weighted by atomic mass is 28.3. The zero-order chi connectivity index (χ0) is 12.8. The highest BCUT2D eigenvalue weighted by Crippen LogP contribution is 2.03. The van der Waals surface area contributed by atoms with Crippen LogP contribution in [0.2, 0.25) is 0 Å². The summed E-state index contributed by atoms with van der Waals surface area (Å²) in [5.74, 6) is 0. The van der Waals surface area contributed by atoms with Crippen molar-refractivity contribution in [3.8, 4) is 0 Å². The van der Waals surface area contributed by atoms with Gasteiger partial charge in [-0.3, -0.25) is 0 Å². The molecule has 0 aliphatic rings. The van der Waals surface area contributed by atoms with Gasteiger partial charge in [-0.2, -0.15) is 0 Å². The van der Waals surface area contributed by atoms with Gasteiger partial charge in [-0.25, -0.2) is 0 Å². The summed E-state index contributed by atoms with van der Waals surface area (Å²) in [5, 5.41) is 2.71. The van der Waals surface area contributed by atoms with Crippen LogP contribution in [0, 0.1) is 0 Å². The highest BCUT2D eigenvalue weighted by molar-refractivity contribution is 7.04. The van der Waals surface area contributed by atoms with Gasteiger partial charge < -0.3 is 4.98 Å². The van der Waals surface area contributed by atoms with Crippen LogP contribution in [-0.2, 0) is 0 Å². The molecule has 1 N–H and O–H groups in total. The molecule has 0 saturated heterocycles. The molecule has 0 aromatic heterocycles. The summed E-state index contributed by atoms with van der Waals surface area (Å²) in [5.41, 5.74) is 2.13. The van der Waals surface area contributed by atoms with Crippen LogP contribution >= 0.6 is 0 Å². The summed E-state index contributed by atoms with van der Waals surface area (Å²) < 4.78 is 0. The van der Waals surface area contributed by atoms with E-state index in [-0.39, 0.29) is 0 Å². The van der Waals surface area contributed by atoms with Crippen LogP contribution in [-0.4, -0.2) is 14.8 Å². The Hall–Kier alpha value is -1.64. The van der Waals surface area contributed by atoms with E-state index < -0.39 is 8.24 Å². The molecular weight excluding hydrogens is 234 g/mol. The Kier molecular flexibility index (Phi) is 4.13. The lowest BCUT2D eigenvalue weighted by atomic mass is 10.4. The van der Waals surface area contributed by atoms with Crippen molar-refractivity contribution >= 4 is 18.6 Å². The molecule has 0 unspecified atom stereocenters. The standard InChI is InChI=1S/C16H19NSi/c1-3-17-18(4-2,15-11-7-5-8-12-15)16-13-9-6-10-14-16/h4-14,17H,2-3H2,1H3. The average Bonchev–Trinajstić information content (AvgIpc) is 2.47. The van der Waals surface area contributed by atoms with Gasteiger partial charge in [-0.15, -0.1) is 6.58 Å². The van der Waals surface area contributed by atoms with Gasteiger partial charge in [-0.05, 0) is 16.9 Å². The Labute approximate surface area is 110 Å². The first-order valence-corrected chi connectivity index (χ1v) is 8.41. The molecule has 92 valence electrons. The van der Waals surface area contributed by atoms with Gasteiger partial charge in [0.15, 0.2) is 0 Å². The third-order valence-electron chi connectivity index (χ3n) is 3.22. The molecule has 0 fully saturated rings. The Morgan fingerprint density at radius 2 is 1.39 bits per heavy atom. The van der Waals surface area contributed by atoms with Crippen LogP contribution in [0.4, 0.5) is 0 Å². The van der Waals surface area contributed by atoms with E-state index in [0.29, 0.717) is 0 Å². The lowest BCUT2D eigenvalue weighted by molar-refractivity contribution is 0.986. The number of hydrogen-bond acceptors (Lipinski definition) is 1. The molecule has 0 atom stereocenters. The van der Waals surface area contributed by atoms with Gasteiger partial charge >= 0.3 is 0 Å². The Balaban J connectivity index is 2.57. The quantitative estimate of drug-likeness (QED) is 0.805. The molecule has 0 heterocycles. The van der Waals surface area contributed by atoms with E-state index in [0.717, 1.165) is 6.54 Å². The SMILES string of the molecule is C=C[Si](NCC)(c1ccccc1)c1ccccc1. The third-order valence-corrected chi connectivity index (χ3v) is 7.23. The predicted molar refractivity (Wildman–Crippen MR) is 81.8 cm³/mol. The Morgan fingerprint density at radius 1 is 0.944 bits per heavy atom. The van der Waals surface area contributed by atoms with E-state index in [2.05, 4.69) is 84.8 Å². The van der Waals surface area contributed by atoms with Crippen molar-refractivity contribution in [3.63, 3.8) is 0 Å². The number of nitrogens with one attached hydrogen (secondary N) is 1. The molecule has 0 radical (unpaired) electrons. The van der Waals surface area contributed by atoms with Crippen LogP contribution in [0.3, 0.4) is 0 Å². The van der Waals surface area contributed by atoms with E-state index in [1.807, 2.05) is 0 Å².